The van der Waals surface area contributed by atoms with E-state index in [9.17, 15) is 8.42 Å². The molecule has 1 atom stereocenters. The molecule has 4 heterocycles. The molecule has 0 saturated carbocycles. The standard InChI is InChI=1S/C19H20O6S4/c20-29(21,22)10-2-1-7-23-11-13-12-24-16-17(25-13)19(15-6-4-9-27-15)28-18(16)14-5-3-8-26-14/h3-6,8-9,13H,1-2,7,10-12H2,(H,20,21,22). The first-order valence-corrected chi connectivity index (χ1v) is 13.3. The maximum atomic E-state index is 10.7. The number of unbranched alkanes of at least 4 members (excludes halogenated alkanes) is 1. The maximum absolute atomic E-state index is 10.7. The molecule has 0 saturated heterocycles. The number of ether oxygens (including phenoxy) is 3. The van der Waals surface area contributed by atoms with E-state index in [-0.39, 0.29) is 11.9 Å². The van der Waals surface area contributed by atoms with Gasteiger partial charge in [0.2, 0.25) is 0 Å². The molecule has 0 amide bonds. The fourth-order valence-electron chi connectivity index (χ4n) is 2.94. The summed E-state index contributed by atoms with van der Waals surface area (Å²) in [5.74, 6) is 1.32. The zero-order valence-corrected chi connectivity index (χ0v) is 18.7. The lowest BCUT2D eigenvalue weighted by Crippen LogP contribution is -2.33. The van der Waals surface area contributed by atoms with Crippen LogP contribution in [0.5, 0.6) is 11.5 Å². The summed E-state index contributed by atoms with van der Waals surface area (Å²) in [6.07, 6.45) is 0.691. The molecule has 4 rings (SSSR count). The Kier molecular flexibility index (Phi) is 6.57. The van der Waals surface area contributed by atoms with Crippen LogP contribution in [0.2, 0.25) is 0 Å². The third kappa shape index (κ3) is 5.19. The number of hydrogen-bond donors (Lipinski definition) is 1. The fraction of sp³-hybridized carbons (Fsp3) is 0.368. The Hall–Kier alpha value is -1.43. The Bertz CT molecular complexity index is 1020. The normalized spacial score (nSPS) is 16.2. The van der Waals surface area contributed by atoms with Crippen molar-refractivity contribution < 1.29 is 27.2 Å². The molecule has 1 unspecified atom stereocenters. The summed E-state index contributed by atoms with van der Waals surface area (Å²) in [5, 5.41) is 4.09. The van der Waals surface area contributed by atoms with Crippen molar-refractivity contribution in [2.45, 2.75) is 18.9 Å². The van der Waals surface area contributed by atoms with Gasteiger partial charge in [0, 0.05) is 16.4 Å². The number of hydrogen-bond acceptors (Lipinski definition) is 8. The second-order valence-electron chi connectivity index (χ2n) is 6.49. The van der Waals surface area contributed by atoms with Gasteiger partial charge in [-0.05, 0) is 35.7 Å². The Balaban J connectivity index is 1.42. The van der Waals surface area contributed by atoms with E-state index in [1.165, 1.54) is 0 Å². The zero-order valence-electron chi connectivity index (χ0n) is 15.4. The fourth-order valence-corrected chi connectivity index (χ4v) is 6.39. The predicted octanol–water partition coefficient (Wildman–Crippen LogP) is 5.03. The van der Waals surface area contributed by atoms with Crippen molar-refractivity contribution >= 4 is 44.1 Å². The molecule has 156 valence electrons. The lowest BCUT2D eigenvalue weighted by molar-refractivity contribution is 0.00933. The molecule has 3 aromatic heterocycles. The third-order valence-electron chi connectivity index (χ3n) is 4.26. The summed E-state index contributed by atoms with van der Waals surface area (Å²) in [4.78, 5) is 4.45. The van der Waals surface area contributed by atoms with Gasteiger partial charge in [-0.3, -0.25) is 4.55 Å². The number of rotatable bonds is 9. The van der Waals surface area contributed by atoms with E-state index in [1.807, 2.05) is 17.5 Å². The highest BCUT2D eigenvalue weighted by atomic mass is 32.2. The topological polar surface area (TPSA) is 82.1 Å². The molecule has 3 aromatic rings. The molecule has 0 bridgehead atoms. The van der Waals surface area contributed by atoms with Gasteiger partial charge >= 0.3 is 0 Å². The second-order valence-corrected chi connectivity index (χ2v) is 11.0. The lowest BCUT2D eigenvalue weighted by atomic mass is 10.2. The predicted molar refractivity (Wildman–Crippen MR) is 117 cm³/mol. The van der Waals surface area contributed by atoms with E-state index in [0.717, 1.165) is 31.0 Å². The monoisotopic (exact) mass is 472 g/mol. The Morgan fingerprint density at radius 1 is 1.07 bits per heavy atom. The third-order valence-corrected chi connectivity index (χ3v) is 8.31. The van der Waals surface area contributed by atoms with Crippen LogP contribution >= 0.6 is 34.0 Å². The molecule has 1 aliphatic heterocycles. The Morgan fingerprint density at radius 2 is 1.76 bits per heavy atom. The van der Waals surface area contributed by atoms with Crippen LogP contribution in [0.1, 0.15) is 12.8 Å². The first-order chi connectivity index (χ1) is 14.0. The Morgan fingerprint density at radius 3 is 2.38 bits per heavy atom. The minimum Gasteiger partial charge on any atom is -0.484 e. The summed E-state index contributed by atoms with van der Waals surface area (Å²) in [6.45, 7) is 1.17. The molecule has 6 nitrogen and oxygen atoms in total. The minimum absolute atomic E-state index is 0.228. The molecule has 29 heavy (non-hydrogen) atoms. The van der Waals surface area contributed by atoms with Crippen LogP contribution in [0.3, 0.4) is 0 Å². The van der Waals surface area contributed by atoms with Crippen LogP contribution in [0.25, 0.3) is 19.5 Å². The average Bonchev–Trinajstić information content (AvgIpc) is 3.43. The van der Waals surface area contributed by atoms with Gasteiger partial charge in [0.25, 0.3) is 10.1 Å². The first kappa shape index (κ1) is 20.8. The Labute approximate surface area is 181 Å². The van der Waals surface area contributed by atoms with E-state index < -0.39 is 10.1 Å². The molecule has 1 N–H and O–H groups in total. The first-order valence-electron chi connectivity index (χ1n) is 9.08. The van der Waals surface area contributed by atoms with Gasteiger partial charge in [-0.15, -0.1) is 34.0 Å². The van der Waals surface area contributed by atoms with Crippen molar-refractivity contribution in [3.63, 3.8) is 0 Å². The van der Waals surface area contributed by atoms with Gasteiger partial charge in [0.15, 0.2) is 17.6 Å². The summed E-state index contributed by atoms with van der Waals surface area (Å²) in [7, 11) is -3.91. The van der Waals surface area contributed by atoms with Crippen molar-refractivity contribution in [2.75, 3.05) is 25.6 Å². The molecule has 0 fully saturated rings. The molecule has 1 aliphatic rings. The zero-order chi connectivity index (χ0) is 20.3. The van der Waals surface area contributed by atoms with E-state index >= 15 is 0 Å². The van der Waals surface area contributed by atoms with Gasteiger partial charge in [-0.1, -0.05) is 12.1 Å². The molecular formula is C19H20O6S4. The van der Waals surface area contributed by atoms with E-state index in [0.29, 0.717) is 32.7 Å². The van der Waals surface area contributed by atoms with Crippen LogP contribution < -0.4 is 9.47 Å². The van der Waals surface area contributed by atoms with Gasteiger partial charge in [-0.25, -0.2) is 0 Å². The van der Waals surface area contributed by atoms with Crippen molar-refractivity contribution in [1.29, 1.82) is 0 Å². The van der Waals surface area contributed by atoms with Crippen molar-refractivity contribution in [3.05, 3.63) is 35.0 Å². The molecule has 10 heteroatoms. The van der Waals surface area contributed by atoms with Crippen LogP contribution in [0.15, 0.2) is 35.0 Å². The molecule has 0 aromatic carbocycles. The number of fused-ring (bicyclic) bond motifs is 1. The van der Waals surface area contributed by atoms with Gasteiger partial charge in [0.05, 0.1) is 22.1 Å². The second kappa shape index (κ2) is 9.15. The summed E-state index contributed by atoms with van der Waals surface area (Å²) in [6, 6.07) is 8.21. The highest BCUT2D eigenvalue weighted by Crippen LogP contribution is 2.55. The van der Waals surface area contributed by atoms with Crippen molar-refractivity contribution in [1.82, 2.24) is 0 Å². The van der Waals surface area contributed by atoms with E-state index in [4.69, 9.17) is 18.8 Å². The molecule has 0 spiro atoms. The summed E-state index contributed by atoms with van der Waals surface area (Å²) >= 11 is 5.02. The average molecular weight is 473 g/mol. The van der Waals surface area contributed by atoms with Gasteiger partial charge < -0.3 is 14.2 Å². The van der Waals surface area contributed by atoms with Crippen molar-refractivity contribution in [3.8, 4) is 31.0 Å². The lowest BCUT2D eigenvalue weighted by Gasteiger charge is -2.25. The van der Waals surface area contributed by atoms with Gasteiger partial charge in [0.1, 0.15) is 6.61 Å². The number of thiophene rings is 3. The SMILES string of the molecule is O=S(=O)(O)CCCCOCC1COc2c(-c3cccs3)sc(-c3cccs3)c2O1. The van der Waals surface area contributed by atoms with Crippen LogP contribution in [0, 0.1) is 0 Å². The van der Waals surface area contributed by atoms with Crippen molar-refractivity contribution in [2.24, 2.45) is 0 Å². The quantitative estimate of drug-likeness (QED) is 0.347. The largest absolute Gasteiger partial charge is 0.484 e. The van der Waals surface area contributed by atoms with Crippen LogP contribution in [-0.2, 0) is 14.9 Å². The maximum Gasteiger partial charge on any atom is 0.264 e. The van der Waals surface area contributed by atoms with E-state index in [1.54, 1.807) is 34.0 Å². The highest BCUT2D eigenvalue weighted by Gasteiger charge is 2.31. The molecule has 0 aliphatic carbocycles. The highest BCUT2D eigenvalue weighted by molar-refractivity contribution is 7.85. The van der Waals surface area contributed by atoms with Gasteiger partial charge in [-0.2, -0.15) is 8.42 Å². The van der Waals surface area contributed by atoms with Crippen LogP contribution in [-0.4, -0.2) is 44.6 Å². The summed E-state index contributed by atoms with van der Waals surface area (Å²) in [5.41, 5.74) is 0. The molecule has 0 radical (unpaired) electrons. The minimum atomic E-state index is -3.91. The van der Waals surface area contributed by atoms with Crippen LogP contribution in [0.4, 0.5) is 0 Å². The summed E-state index contributed by atoms with van der Waals surface area (Å²) < 4.78 is 48.2. The van der Waals surface area contributed by atoms with E-state index in [2.05, 4.69) is 17.5 Å². The molecular weight excluding hydrogens is 452 g/mol. The smallest absolute Gasteiger partial charge is 0.264 e.